The Kier molecular flexibility index (Phi) is 4.76. The molecular weight excluding hydrogens is 224 g/mol. The fourth-order valence-corrected chi connectivity index (χ4v) is 1.95. The van der Waals surface area contributed by atoms with Crippen LogP contribution in [0.2, 0.25) is 0 Å². The summed E-state index contributed by atoms with van der Waals surface area (Å²) in [6, 6.07) is 7.92. The van der Waals surface area contributed by atoms with E-state index in [-0.39, 0.29) is 0 Å². The Hall–Kier alpha value is -1.07. The molecule has 0 amide bonds. The van der Waals surface area contributed by atoms with Crippen molar-refractivity contribution < 1.29 is 8.42 Å². The molecule has 0 aromatic heterocycles. The van der Waals surface area contributed by atoms with Crippen LogP contribution in [0.15, 0.2) is 24.3 Å². The van der Waals surface area contributed by atoms with Crippen LogP contribution in [0.25, 0.3) is 0 Å². The number of hydrogen-bond donors (Lipinski definition) is 2. The van der Waals surface area contributed by atoms with Crippen LogP contribution in [-0.4, -0.2) is 27.8 Å². The quantitative estimate of drug-likeness (QED) is 0.788. The van der Waals surface area contributed by atoms with Gasteiger partial charge in [-0.3, -0.25) is 0 Å². The number of rotatable bonds is 6. The lowest BCUT2D eigenvalue weighted by Gasteiger charge is -2.10. The van der Waals surface area contributed by atoms with Gasteiger partial charge in [-0.05, 0) is 25.0 Å². The summed E-state index contributed by atoms with van der Waals surface area (Å²) >= 11 is 0. The monoisotopic (exact) mass is 242 g/mol. The van der Waals surface area contributed by atoms with E-state index < -0.39 is 10.0 Å². The maximum absolute atomic E-state index is 10.9. The van der Waals surface area contributed by atoms with E-state index in [2.05, 4.69) is 10.0 Å². The molecule has 0 aliphatic heterocycles. The van der Waals surface area contributed by atoms with Crippen LogP contribution >= 0.6 is 0 Å². The van der Waals surface area contributed by atoms with Gasteiger partial charge in [0.05, 0.1) is 6.26 Å². The smallest absolute Gasteiger partial charge is 0.208 e. The van der Waals surface area contributed by atoms with E-state index in [4.69, 9.17) is 0 Å². The number of anilines is 1. The summed E-state index contributed by atoms with van der Waals surface area (Å²) < 4.78 is 24.3. The van der Waals surface area contributed by atoms with Crippen LogP contribution in [0.4, 0.5) is 5.69 Å². The van der Waals surface area contributed by atoms with Crippen molar-refractivity contribution >= 4 is 15.7 Å². The lowest BCUT2D eigenvalue weighted by molar-refractivity contribution is 0.588. The van der Waals surface area contributed by atoms with Crippen molar-refractivity contribution in [1.82, 2.24) is 4.72 Å². The van der Waals surface area contributed by atoms with Crippen molar-refractivity contribution in [3.8, 4) is 0 Å². The molecular formula is C11H18N2O2S. The highest BCUT2D eigenvalue weighted by atomic mass is 32.2. The molecule has 5 heteroatoms. The second-order valence-corrected chi connectivity index (χ2v) is 5.44. The number of sulfonamides is 1. The average molecular weight is 242 g/mol. The highest BCUT2D eigenvalue weighted by molar-refractivity contribution is 7.88. The van der Waals surface area contributed by atoms with Crippen molar-refractivity contribution in [2.75, 3.05) is 24.7 Å². The molecule has 0 aliphatic carbocycles. The normalized spacial score (nSPS) is 11.4. The van der Waals surface area contributed by atoms with Gasteiger partial charge in [0.1, 0.15) is 0 Å². The third kappa shape index (κ3) is 4.63. The van der Waals surface area contributed by atoms with Crippen molar-refractivity contribution in [2.45, 2.75) is 13.3 Å². The van der Waals surface area contributed by atoms with Crippen molar-refractivity contribution in [3.63, 3.8) is 0 Å². The fraction of sp³-hybridized carbons (Fsp3) is 0.455. The summed E-state index contributed by atoms with van der Waals surface area (Å²) in [5.41, 5.74) is 2.20. The highest BCUT2D eigenvalue weighted by Gasteiger charge is 2.03. The van der Waals surface area contributed by atoms with Gasteiger partial charge >= 0.3 is 0 Å². The number of hydrogen-bond acceptors (Lipinski definition) is 3. The Morgan fingerprint density at radius 3 is 2.56 bits per heavy atom. The van der Waals surface area contributed by atoms with Gasteiger partial charge in [-0.2, -0.15) is 0 Å². The molecule has 1 aromatic rings. The number of nitrogens with one attached hydrogen (secondary N) is 2. The molecule has 0 atom stereocenters. The maximum Gasteiger partial charge on any atom is 0.208 e. The molecule has 2 N–H and O–H groups in total. The van der Waals surface area contributed by atoms with E-state index >= 15 is 0 Å². The summed E-state index contributed by atoms with van der Waals surface area (Å²) in [6.07, 6.45) is 1.86. The Balaban J connectivity index is 2.59. The zero-order valence-corrected chi connectivity index (χ0v) is 10.5. The lowest BCUT2D eigenvalue weighted by Crippen LogP contribution is -2.24. The van der Waals surface area contributed by atoms with Gasteiger partial charge in [-0.25, -0.2) is 13.1 Å². The molecule has 0 bridgehead atoms. The molecule has 4 nitrogen and oxygen atoms in total. The van der Waals surface area contributed by atoms with Crippen LogP contribution < -0.4 is 10.0 Å². The Morgan fingerprint density at radius 1 is 1.25 bits per heavy atom. The minimum Gasteiger partial charge on any atom is -0.385 e. The highest BCUT2D eigenvalue weighted by Crippen LogP contribution is 2.14. The van der Waals surface area contributed by atoms with E-state index in [0.29, 0.717) is 13.0 Å². The van der Waals surface area contributed by atoms with Gasteiger partial charge in [-0.1, -0.05) is 18.2 Å². The molecule has 0 radical (unpaired) electrons. The van der Waals surface area contributed by atoms with E-state index in [1.54, 1.807) is 0 Å². The molecule has 90 valence electrons. The minimum absolute atomic E-state index is 0.432. The summed E-state index contributed by atoms with van der Waals surface area (Å²) in [6.45, 7) is 3.32. The topological polar surface area (TPSA) is 58.2 Å². The second kappa shape index (κ2) is 5.86. The summed E-state index contributed by atoms with van der Waals surface area (Å²) in [5, 5.41) is 3.25. The van der Waals surface area contributed by atoms with Crippen LogP contribution in [0, 0.1) is 0 Å². The average Bonchev–Trinajstić information content (AvgIpc) is 2.19. The van der Waals surface area contributed by atoms with Crippen LogP contribution in [0.1, 0.15) is 12.5 Å². The third-order valence-corrected chi connectivity index (χ3v) is 2.87. The molecule has 0 heterocycles. The van der Waals surface area contributed by atoms with Crippen LogP contribution in [-0.2, 0) is 16.4 Å². The predicted molar refractivity (Wildman–Crippen MR) is 67.2 cm³/mol. The summed E-state index contributed by atoms with van der Waals surface area (Å²) in [4.78, 5) is 0. The fourth-order valence-electron chi connectivity index (χ4n) is 1.47. The van der Waals surface area contributed by atoms with E-state index in [0.717, 1.165) is 17.8 Å². The number of para-hydroxylation sites is 1. The first-order valence-electron chi connectivity index (χ1n) is 5.29. The van der Waals surface area contributed by atoms with Crippen molar-refractivity contribution in [3.05, 3.63) is 29.8 Å². The minimum atomic E-state index is -3.09. The zero-order chi connectivity index (χ0) is 12.0. The molecule has 0 saturated heterocycles. The summed E-state index contributed by atoms with van der Waals surface area (Å²) in [7, 11) is -3.09. The molecule has 0 fully saturated rings. The molecule has 0 unspecified atom stereocenters. The van der Waals surface area contributed by atoms with E-state index in [1.165, 1.54) is 6.26 Å². The Labute approximate surface area is 97.1 Å². The number of benzene rings is 1. The van der Waals surface area contributed by atoms with Gasteiger partial charge in [-0.15, -0.1) is 0 Å². The standard InChI is InChI=1S/C11H18N2O2S/c1-3-12-11-7-5-4-6-10(11)8-9-13-16(2,14)15/h4-7,12-13H,3,8-9H2,1-2H3. The summed E-state index contributed by atoms with van der Waals surface area (Å²) in [5.74, 6) is 0. The first-order valence-corrected chi connectivity index (χ1v) is 7.18. The molecule has 1 aromatic carbocycles. The predicted octanol–water partition coefficient (Wildman–Crippen LogP) is 1.21. The maximum atomic E-state index is 10.9. The lowest BCUT2D eigenvalue weighted by atomic mass is 10.1. The Bertz CT molecular complexity index is 429. The Morgan fingerprint density at radius 2 is 1.94 bits per heavy atom. The van der Waals surface area contributed by atoms with Crippen LogP contribution in [0.5, 0.6) is 0 Å². The van der Waals surface area contributed by atoms with E-state index in [9.17, 15) is 8.42 Å². The molecule has 1 rings (SSSR count). The molecule has 0 spiro atoms. The molecule has 0 aliphatic rings. The van der Waals surface area contributed by atoms with Gasteiger partial charge < -0.3 is 5.32 Å². The molecule has 0 saturated carbocycles. The van der Waals surface area contributed by atoms with Gasteiger partial charge in [0, 0.05) is 18.8 Å². The molecule has 16 heavy (non-hydrogen) atoms. The van der Waals surface area contributed by atoms with Gasteiger partial charge in [0.15, 0.2) is 0 Å². The van der Waals surface area contributed by atoms with Gasteiger partial charge in [0.2, 0.25) is 10.0 Å². The third-order valence-electron chi connectivity index (χ3n) is 2.14. The van der Waals surface area contributed by atoms with Crippen molar-refractivity contribution in [1.29, 1.82) is 0 Å². The first kappa shape index (κ1) is 13.0. The van der Waals surface area contributed by atoms with E-state index in [1.807, 2.05) is 31.2 Å². The van der Waals surface area contributed by atoms with Crippen molar-refractivity contribution in [2.24, 2.45) is 0 Å². The largest absolute Gasteiger partial charge is 0.385 e. The van der Waals surface area contributed by atoms with Crippen LogP contribution in [0.3, 0.4) is 0 Å². The second-order valence-electron chi connectivity index (χ2n) is 3.60. The first-order chi connectivity index (χ1) is 7.53. The van der Waals surface area contributed by atoms with Gasteiger partial charge in [0.25, 0.3) is 0 Å². The zero-order valence-electron chi connectivity index (χ0n) is 9.66. The SMILES string of the molecule is CCNc1ccccc1CCNS(C)(=O)=O.